The molecule has 4 rings (SSSR count). The molecule has 0 unspecified atom stereocenters. The summed E-state index contributed by atoms with van der Waals surface area (Å²) >= 11 is 0. The quantitative estimate of drug-likeness (QED) is 0.477. The lowest BCUT2D eigenvalue weighted by Crippen LogP contribution is -2.29. The van der Waals surface area contributed by atoms with Crippen molar-refractivity contribution in [2.24, 2.45) is 0 Å². The van der Waals surface area contributed by atoms with Crippen LogP contribution < -0.4 is 4.90 Å². The van der Waals surface area contributed by atoms with Crippen LogP contribution in [0.2, 0.25) is 0 Å². The third-order valence-electron chi connectivity index (χ3n) is 5.16. The second kappa shape index (κ2) is 7.94. The van der Waals surface area contributed by atoms with Crippen molar-refractivity contribution in [2.45, 2.75) is 19.3 Å². The molecular weight excluding hydrogens is 393 g/mol. The molecule has 1 aliphatic heterocycles. The van der Waals surface area contributed by atoms with E-state index in [9.17, 15) is 19.3 Å². The number of hydrogen-bond acceptors (Lipinski definition) is 6. The third-order valence-corrected chi connectivity index (χ3v) is 5.16. The summed E-state index contributed by atoms with van der Waals surface area (Å²) in [6.07, 6.45) is 3.13. The maximum Gasteiger partial charge on any atom is 0.338 e. The molecule has 1 saturated heterocycles. The molecule has 8 nitrogen and oxygen atoms in total. The molecule has 30 heavy (non-hydrogen) atoms. The summed E-state index contributed by atoms with van der Waals surface area (Å²) in [5, 5.41) is 24.5. The zero-order valence-corrected chi connectivity index (χ0v) is 15.9. The number of nitro benzene ring substituents is 1. The maximum absolute atomic E-state index is 14.0. The Morgan fingerprint density at radius 1 is 1.10 bits per heavy atom. The summed E-state index contributed by atoms with van der Waals surface area (Å²) in [7, 11) is 0. The molecule has 3 aromatic rings. The molecule has 0 spiro atoms. The van der Waals surface area contributed by atoms with Crippen LogP contribution in [0.3, 0.4) is 0 Å². The van der Waals surface area contributed by atoms with E-state index in [0.717, 1.165) is 44.5 Å². The lowest BCUT2D eigenvalue weighted by atomic mass is 10.1. The first kappa shape index (κ1) is 19.6. The molecule has 9 heteroatoms. The van der Waals surface area contributed by atoms with Gasteiger partial charge in [0, 0.05) is 36.3 Å². The van der Waals surface area contributed by atoms with Crippen LogP contribution in [-0.4, -0.2) is 34.2 Å². The largest absolute Gasteiger partial charge is 0.478 e. The Morgan fingerprint density at radius 3 is 2.50 bits per heavy atom. The van der Waals surface area contributed by atoms with Crippen LogP contribution in [0.15, 0.2) is 47.0 Å². The smallest absolute Gasteiger partial charge is 0.338 e. The molecule has 1 aliphatic rings. The molecule has 1 aromatic heterocycles. The van der Waals surface area contributed by atoms with E-state index in [0.29, 0.717) is 28.3 Å². The topological polar surface area (TPSA) is 110 Å². The number of carboxylic acids is 1. The van der Waals surface area contributed by atoms with E-state index >= 15 is 0 Å². The molecule has 2 heterocycles. The number of piperidine rings is 1. The highest BCUT2D eigenvalue weighted by molar-refractivity contribution is 5.88. The maximum atomic E-state index is 14.0. The molecular formula is C21H18FN3O5. The van der Waals surface area contributed by atoms with Gasteiger partial charge >= 0.3 is 5.97 Å². The van der Waals surface area contributed by atoms with Gasteiger partial charge in [-0.25, -0.2) is 9.18 Å². The average Bonchev–Trinajstić information content (AvgIpc) is 3.24. The Labute approximate surface area is 170 Å². The Kier molecular flexibility index (Phi) is 5.18. The van der Waals surface area contributed by atoms with Crippen molar-refractivity contribution in [3.05, 3.63) is 64.0 Å². The molecule has 0 atom stereocenters. The number of rotatable bonds is 5. The highest BCUT2D eigenvalue weighted by Gasteiger charge is 2.23. The molecule has 2 aromatic carbocycles. The van der Waals surface area contributed by atoms with Crippen molar-refractivity contribution in [2.75, 3.05) is 18.0 Å². The van der Waals surface area contributed by atoms with Crippen LogP contribution in [0.4, 0.5) is 15.8 Å². The summed E-state index contributed by atoms with van der Waals surface area (Å²) in [4.78, 5) is 24.2. The molecule has 154 valence electrons. The van der Waals surface area contributed by atoms with Crippen LogP contribution in [0.1, 0.15) is 29.6 Å². The summed E-state index contributed by atoms with van der Waals surface area (Å²) in [6.45, 7) is 1.56. The van der Waals surface area contributed by atoms with E-state index < -0.39 is 22.3 Å². The van der Waals surface area contributed by atoms with Crippen molar-refractivity contribution in [3.8, 4) is 22.6 Å². The average molecular weight is 411 g/mol. The number of halogens is 1. The van der Waals surface area contributed by atoms with Gasteiger partial charge in [-0.1, -0.05) is 11.2 Å². The number of carboxylic acid groups (broad SMARTS) is 1. The van der Waals surface area contributed by atoms with Crippen LogP contribution in [0.25, 0.3) is 22.6 Å². The predicted molar refractivity (Wildman–Crippen MR) is 107 cm³/mol. The fraction of sp³-hybridized carbons (Fsp3) is 0.238. The van der Waals surface area contributed by atoms with E-state index in [1.54, 1.807) is 12.1 Å². The summed E-state index contributed by atoms with van der Waals surface area (Å²) in [6, 6.07) is 10.1. The Balaban J connectivity index is 1.66. The highest BCUT2D eigenvalue weighted by Crippen LogP contribution is 2.35. The van der Waals surface area contributed by atoms with Crippen molar-refractivity contribution in [3.63, 3.8) is 0 Å². The summed E-state index contributed by atoms with van der Waals surface area (Å²) < 4.78 is 19.3. The zero-order chi connectivity index (χ0) is 21.3. The molecule has 0 amide bonds. The van der Waals surface area contributed by atoms with Gasteiger partial charge in [-0.3, -0.25) is 10.1 Å². The monoisotopic (exact) mass is 411 g/mol. The standard InChI is InChI=1S/C21H18FN3O5/c22-16-10-13(4-6-15(16)21(26)27)17-12-20(30-23-17)14-5-7-18(19(11-14)25(28)29)24-8-2-1-3-9-24/h4-7,10-12H,1-3,8-9H2,(H,26,27). The van der Waals surface area contributed by atoms with Gasteiger partial charge in [0.05, 0.1) is 10.5 Å². The lowest BCUT2D eigenvalue weighted by molar-refractivity contribution is -0.384. The van der Waals surface area contributed by atoms with Gasteiger partial charge in [-0.15, -0.1) is 0 Å². The minimum atomic E-state index is -1.36. The molecule has 0 aliphatic carbocycles. The van der Waals surface area contributed by atoms with Gasteiger partial charge < -0.3 is 14.5 Å². The van der Waals surface area contributed by atoms with E-state index in [2.05, 4.69) is 5.16 Å². The zero-order valence-electron chi connectivity index (χ0n) is 15.9. The Bertz CT molecular complexity index is 1120. The number of nitrogens with zero attached hydrogens (tertiary/aromatic N) is 3. The van der Waals surface area contributed by atoms with Crippen molar-refractivity contribution >= 4 is 17.3 Å². The first-order valence-corrected chi connectivity index (χ1v) is 9.48. The normalized spacial score (nSPS) is 14.0. The predicted octanol–water partition coefficient (Wildman–Crippen LogP) is 4.74. The Morgan fingerprint density at radius 2 is 1.83 bits per heavy atom. The van der Waals surface area contributed by atoms with Crippen molar-refractivity contribution < 1.29 is 23.7 Å². The minimum absolute atomic E-state index is 0.00999. The number of benzene rings is 2. The van der Waals surface area contributed by atoms with E-state index in [1.807, 2.05) is 4.90 Å². The number of carbonyl (C=O) groups is 1. The van der Waals surface area contributed by atoms with Gasteiger partial charge in [0.2, 0.25) is 0 Å². The van der Waals surface area contributed by atoms with Gasteiger partial charge in [0.25, 0.3) is 5.69 Å². The van der Waals surface area contributed by atoms with Crippen LogP contribution >= 0.6 is 0 Å². The number of anilines is 1. The third kappa shape index (κ3) is 3.73. The van der Waals surface area contributed by atoms with Crippen LogP contribution in [0, 0.1) is 15.9 Å². The highest BCUT2D eigenvalue weighted by atomic mass is 19.1. The fourth-order valence-electron chi connectivity index (χ4n) is 3.62. The van der Waals surface area contributed by atoms with Crippen molar-refractivity contribution in [1.82, 2.24) is 5.16 Å². The SMILES string of the molecule is O=C(O)c1ccc(-c2cc(-c3ccc(N4CCCCC4)c([N+](=O)[O-])c3)on2)cc1F. The first-order chi connectivity index (χ1) is 14.4. The second-order valence-electron chi connectivity index (χ2n) is 7.08. The minimum Gasteiger partial charge on any atom is -0.478 e. The molecule has 1 fully saturated rings. The van der Waals surface area contributed by atoms with Crippen molar-refractivity contribution in [1.29, 1.82) is 0 Å². The number of aromatic nitrogens is 1. The van der Waals surface area contributed by atoms with E-state index in [1.165, 1.54) is 18.2 Å². The van der Waals surface area contributed by atoms with Crippen LogP contribution in [0.5, 0.6) is 0 Å². The van der Waals surface area contributed by atoms with E-state index in [-0.39, 0.29) is 5.69 Å². The fourth-order valence-corrected chi connectivity index (χ4v) is 3.62. The second-order valence-corrected chi connectivity index (χ2v) is 7.08. The molecule has 0 bridgehead atoms. The summed E-state index contributed by atoms with van der Waals surface area (Å²) in [5.41, 5.74) is 1.24. The summed E-state index contributed by atoms with van der Waals surface area (Å²) in [5.74, 6) is -1.95. The number of nitro groups is 1. The lowest BCUT2D eigenvalue weighted by Gasteiger charge is -2.28. The molecule has 1 N–H and O–H groups in total. The van der Waals surface area contributed by atoms with Gasteiger partial charge in [-0.05, 0) is 43.5 Å². The van der Waals surface area contributed by atoms with Gasteiger partial charge in [0.15, 0.2) is 5.76 Å². The van der Waals surface area contributed by atoms with Gasteiger partial charge in [-0.2, -0.15) is 0 Å². The molecule has 0 radical (unpaired) electrons. The number of aromatic carboxylic acids is 1. The van der Waals surface area contributed by atoms with E-state index in [4.69, 9.17) is 9.63 Å². The van der Waals surface area contributed by atoms with Crippen LogP contribution in [-0.2, 0) is 0 Å². The number of hydrogen-bond donors (Lipinski definition) is 1. The molecule has 0 saturated carbocycles. The Hall–Kier alpha value is -3.75. The first-order valence-electron chi connectivity index (χ1n) is 9.48. The van der Waals surface area contributed by atoms with Gasteiger partial charge in [0.1, 0.15) is 17.2 Å².